The molecule has 27 heavy (non-hydrogen) atoms. The van der Waals surface area contributed by atoms with Crippen LogP contribution in [-0.4, -0.2) is 21.9 Å². The van der Waals surface area contributed by atoms with Crippen LogP contribution in [0.1, 0.15) is 48.9 Å². The van der Waals surface area contributed by atoms with E-state index in [9.17, 15) is 9.59 Å². The molecule has 144 valence electrons. The third-order valence-electron chi connectivity index (χ3n) is 4.77. The quantitative estimate of drug-likeness (QED) is 0.562. The molecule has 1 aromatic carbocycles. The zero-order valence-corrected chi connectivity index (χ0v) is 17.0. The molecule has 2 N–H and O–H groups in total. The summed E-state index contributed by atoms with van der Waals surface area (Å²) >= 11 is 7.44. The summed E-state index contributed by atoms with van der Waals surface area (Å²) in [4.78, 5) is 32.0. The lowest BCUT2D eigenvalue weighted by Gasteiger charge is -2.22. The van der Waals surface area contributed by atoms with Crippen LogP contribution in [-0.2, 0) is 17.0 Å². The monoisotopic (exact) mass is 405 g/mol. The van der Waals surface area contributed by atoms with Crippen LogP contribution < -0.4 is 10.9 Å². The van der Waals surface area contributed by atoms with Gasteiger partial charge in [-0.1, -0.05) is 54.8 Å². The van der Waals surface area contributed by atoms with E-state index in [4.69, 9.17) is 11.6 Å². The minimum atomic E-state index is -0.241. The van der Waals surface area contributed by atoms with Gasteiger partial charge in [0.15, 0.2) is 5.16 Å². The molecule has 1 aromatic heterocycles. The number of nitrogens with zero attached hydrogens (tertiary/aromatic N) is 1. The molecule has 1 fully saturated rings. The molecule has 1 saturated carbocycles. The van der Waals surface area contributed by atoms with E-state index in [2.05, 4.69) is 15.3 Å². The van der Waals surface area contributed by atoms with Crippen molar-refractivity contribution in [1.82, 2.24) is 15.3 Å². The average molecular weight is 406 g/mol. The zero-order valence-electron chi connectivity index (χ0n) is 15.4. The normalized spacial score (nSPS) is 14.9. The number of hydrogen-bond acceptors (Lipinski definition) is 4. The van der Waals surface area contributed by atoms with Gasteiger partial charge in [-0.3, -0.25) is 9.59 Å². The number of aryl methyl sites for hydroxylation is 1. The summed E-state index contributed by atoms with van der Waals surface area (Å²) in [6, 6.07) is 7.84. The summed E-state index contributed by atoms with van der Waals surface area (Å²) in [6.07, 6.45) is 5.68. The van der Waals surface area contributed by atoms with Crippen LogP contribution in [0.4, 0.5) is 0 Å². The molecule has 3 rings (SSSR count). The molecule has 0 bridgehead atoms. The van der Waals surface area contributed by atoms with Gasteiger partial charge in [0.2, 0.25) is 5.91 Å². The minimum absolute atomic E-state index is 0.0733. The van der Waals surface area contributed by atoms with E-state index in [0.717, 1.165) is 31.2 Å². The van der Waals surface area contributed by atoms with Gasteiger partial charge in [-0.2, -0.15) is 0 Å². The van der Waals surface area contributed by atoms with Gasteiger partial charge in [-0.15, -0.1) is 0 Å². The van der Waals surface area contributed by atoms with Gasteiger partial charge in [-0.05, 0) is 37.5 Å². The fourth-order valence-electron chi connectivity index (χ4n) is 3.33. The molecule has 2 aromatic rings. The van der Waals surface area contributed by atoms with Crippen molar-refractivity contribution in [2.75, 3.05) is 0 Å². The van der Waals surface area contributed by atoms with Gasteiger partial charge < -0.3 is 10.3 Å². The molecule has 7 heteroatoms. The highest BCUT2D eigenvalue weighted by Crippen LogP contribution is 2.21. The van der Waals surface area contributed by atoms with Crippen molar-refractivity contribution in [3.63, 3.8) is 0 Å². The Balaban J connectivity index is 1.62. The number of halogens is 1. The van der Waals surface area contributed by atoms with Crippen LogP contribution in [0.2, 0.25) is 5.02 Å². The molecular formula is C20H24ClN3O2S. The Labute approximate surface area is 168 Å². The first-order valence-electron chi connectivity index (χ1n) is 9.27. The van der Waals surface area contributed by atoms with Crippen LogP contribution in [0.15, 0.2) is 34.2 Å². The molecule has 1 amide bonds. The van der Waals surface area contributed by atoms with Crippen molar-refractivity contribution in [3.8, 4) is 0 Å². The first kappa shape index (κ1) is 20.0. The third kappa shape index (κ3) is 5.84. The lowest BCUT2D eigenvalue weighted by Crippen LogP contribution is -2.38. The number of benzene rings is 1. The number of thioether (sulfide) groups is 1. The first-order valence-corrected chi connectivity index (χ1v) is 10.6. The summed E-state index contributed by atoms with van der Waals surface area (Å²) in [5.41, 5.74) is 1.86. The Kier molecular flexibility index (Phi) is 6.96. The second kappa shape index (κ2) is 9.42. The van der Waals surface area contributed by atoms with E-state index in [-0.39, 0.29) is 23.9 Å². The molecule has 0 atom stereocenters. The first-order chi connectivity index (χ1) is 13.0. The summed E-state index contributed by atoms with van der Waals surface area (Å²) in [5.74, 6) is 0.557. The average Bonchev–Trinajstić information content (AvgIpc) is 2.64. The van der Waals surface area contributed by atoms with Crippen molar-refractivity contribution >= 4 is 29.3 Å². The van der Waals surface area contributed by atoms with Crippen molar-refractivity contribution in [2.45, 2.75) is 62.4 Å². The zero-order chi connectivity index (χ0) is 19.2. The lowest BCUT2D eigenvalue weighted by molar-refractivity contribution is -0.121. The van der Waals surface area contributed by atoms with Crippen LogP contribution in [0, 0.1) is 6.92 Å². The molecular weight excluding hydrogens is 382 g/mol. The largest absolute Gasteiger partial charge is 0.353 e. The van der Waals surface area contributed by atoms with E-state index in [1.807, 2.05) is 24.3 Å². The predicted octanol–water partition coefficient (Wildman–Crippen LogP) is 4.02. The highest BCUT2D eigenvalue weighted by molar-refractivity contribution is 7.98. The Morgan fingerprint density at radius 2 is 2.11 bits per heavy atom. The molecule has 0 saturated heterocycles. The lowest BCUT2D eigenvalue weighted by atomic mass is 9.95. The predicted molar refractivity (Wildman–Crippen MR) is 109 cm³/mol. The standard InChI is InChI=1S/C20H24ClN3O2S/c1-13-17(11-18(25)23-16-8-3-2-4-9-16)19(26)24-20(22-13)27-12-14-6-5-7-15(21)10-14/h5-7,10,16H,2-4,8-9,11-12H2,1H3,(H,23,25)(H,22,24,26). The number of aromatic nitrogens is 2. The van der Waals surface area contributed by atoms with Gasteiger partial charge in [0.1, 0.15) is 0 Å². The van der Waals surface area contributed by atoms with Gasteiger partial charge in [0.05, 0.1) is 6.42 Å². The molecule has 5 nitrogen and oxygen atoms in total. The molecule has 1 aliphatic carbocycles. The fourth-order valence-corrected chi connectivity index (χ4v) is 4.39. The van der Waals surface area contributed by atoms with Gasteiger partial charge >= 0.3 is 0 Å². The van der Waals surface area contributed by atoms with Gasteiger partial charge in [0.25, 0.3) is 5.56 Å². The maximum Gasteiger partial charge on any atom is 0.255 e. The van der Waals surface area contributed by atoms with Crippen molar-refractivity contribution in [1.29, 1.82) is 0 Å². The molecule has 0 spiro atoms. The molecule has 0 aliphatic heterocycles. The van der Waals surface area contributed by atoms with E-state index in [0.29, 0.717) is 27.2 Å². The number of carbonyl (C=O) groups excluding carboxylic acids is 1. The molecule has 0 unspecified atom stereocenters. The van der Waals surface area contributed by atoms with E-state index in [1.54, 1.807) is 6.92 Å². The number of amides is 1. The Bertz CT molecular complexity index is 863. The van der Waals surface area contributed by atoms with Crippen LogP contribution in [0.3, 0.4) is 0 Å². The minimum Gasteiger partial charge on any atom is -0.353 e. The fraction of sp³-hybridized carbons (Fsp3) is 0.450. The van der Waals surface area contributed by atoms with Gasteiger partial charge in [-0.25, -0.2) is 4.98 Å². The summed E-state index contributed by atoms with van der Waals surface area (Å²) in [6.45, 7) is 1.78. The van der Waals surface area contributed by atoms with Crippen molar-refractivity contribution < 1.29 is 4.79 Å². The number of hydrogen-bond donors (Lipinski definition) is 2. The molecule has 1 heterocycles. The number of aromatic amines is 1. The number of rotatable bonds is 6. The van der Waals surface area contributed by atoms with E-state index in [1.165, 1.54) is 18.2 Å². The van der Waals surface area contributed by atoms with E-state index >= 15 is 0 Å². The second-order valence-electron chi connectivity index (χ2n) is 6.93. The molecule has 1 aliphatic rings. The van der Waals surface area contributed by atoms with Crippen molar-refractivity contribution in [3.05, 3.63) is 56.5 Å². The summed E-state index contributed by atoms with van der Waals surface area (Å²) in [7, 11) is 0. The number of H-pyrrole nitrogens is 1. The van der Waals surface area contributed by atoms with Crippen molar-refractivity contribution in [2.24, 2.45) is 0 Å². The maximum atomic E-state index is 12.4. The highest BCUT2D eigenvalue weighted by atomic mass is 35.5. The summed E-state index contributed by atoms with van der Waals surface area (Å²) in [5, 5.41) is 4.29. The smallest absolute Gasteiger partial charge is 0.255 e. The second-order valence-corrected chi connectivity index (χ2v) is 8.33. The maximum absolute atomic E-state index is 12.4. The van der Waals surface area contributed by atoms with Gasteiger partial charge in [0, 0.05) is 28.1 Å². The van der Waals surface area contributed by atoms with Crippen LogP contribution in [0.25, 0.3) is 0 Å². The molecule has 0 radical (unpaired) electrons. The third-order valence-corrected chi connectivity index (χ3v) is 5.95. The highest BCUT2D eigenvalue weighted by Gasteiger charge is 2.18. The van der Waals surface area contributed by atoms with E-state index < -0.39 is 0 Å². The number of carbonyl (C=O) groups is 1. The van der Waals surface area contributed by atoms with Crippen LogP contribution >= 0.6 is 23.4 Å². The number of nitrogens with one attached hydrogen (secondary N) is 2. The topological polar surface area (TPSA) is 74.8 Å². The SMILES string of the molecule is Cc1nc(SCc2cccc(Cl)c2)[nH]c(=O)c1CC(=O)NC1CCCCC1. The Morgan fingerprint density at radius 1 is 1.33 bits per heavy atom. The van der Waals surface area contributed by atoms with Crippen LogP contribution in [0.5, 0.6) is 0 Å². The Hall–Kier alpha value is -1.79. The summed E-state index contributed by atoms with van der Waals surface area (Å²) < 4.78 is 0. The Morgan fingerprint density at radius 3 is 2.81 bits per heavy atom.